The molecule has 5 N–H and O–H groups in total. The highest BCUT2D eigenvalue weighted by Crippen LogP contribution is 2.38. The molecule has 1 atom stereocenters. The van der Waals surface area contributed by atoms with E-state index in [0.717, 1.165) is 12.1 Å². The average molecular weight is 650 g/mol. The maximum Gasteiger partial charge on any atom is 0.416 e. The number of likely N-dealkylation sites (N-methyl/N-ethyl adjacent to an activating group) is 1. The van der Waals surface area contributed by atoms with Crippen LogP contribution in [-0.2, 0) is 15.8 Å². The first-order valence-corrected chi connectivity index (χ1v) is 14.1. The fourth-order valence-corrected chi connectivity index (χ4v) is 5.67. The number of carbonyl (C=O) groups excluding carboxylic acids is 3. The van der Waals surface area contributed by atoms with E-state index in [0.29, 0.717) is 22.5 Å². The van der Waals surface area contributed by atoms with Gasteiger partial charge in [-0.15, -0.1) is 0 Å². The number of carbonyl (C=O) groups is 4. The lowest BCUT2D eigenvalue weighted by Crippen LogP contribution is -2.38. The van der Waals surface area contributed by atoms with E-state index >= 15 is 0 Å². The maximum atomic E-state index is 13.7. The van der Waals surface area contributed by atoms with Crippen LogP contribution in [0.2, 0.25) is 0 Å². The predicted octanol–water partition coefficient (Wildman–Crippen LogP) is 4.61. The first-order chi connectivity index (χ1) is 22.0. The van der Waals surface area contributed by atoms with Crippen LogP contribution in [0.4, 0.5) is 24.5 Å². The highest BCUT2D eigenvalue weighted by Gasteiger charge is 2.33. The Labute approximate surface area is 266 Å². The number of aromatic nitrogens is 3. The van der Waals surface area contributed by atoms with E-state index in [1.165, 1.54) is 56.9 Å². The van der Waals surface area contributed by atoms with Gasteiger partial charge in [0.2, 0.25) is 0 Å². The average Bonchev–Trinajstić information content (AvgIpc) is 3.61. The normalized spacial score (nSPS) is 14.3. The van der Waals surface area contributed by atoms with Crippen molar-refractivity contribution in [2.75, 3.05) is 24.7 Å². The van der Waals surface area contributed by atoms with Gasteiger partial charge in [-0.3, -0.25) is 19.3 Å². The smallest absolute Gasteiger partial charge is 0.416 e. The molecule has 1 aliphatic rings. The number of nitrogens with one attached hydrogen (secondary N) is 2. The van der Waals surface area contributed by atoms with Crippen molar-refractivity contribution in [1.29, 1.82) is 0 Å². The molecule has 0 bridgehead atoms. The first-order valence-electron chi connectivity index (χ1n) is 14.1. The van der Waals surface area contributed by atoms with Crippen molar-refractivity contribution in [3.05, 3.63) is 93.8 Å². The summed E-state index contributed by atoms with van der Waals surface area (Å²) in [5, 5.41) is 15.2. The van der Waals surface area contributed by atoms with Crippen LogP contribution in [0.3, 0.4) is 0 Å². The van der Waals surface area contributed by atoms with Gasteiger partial charge in [0.25, 0.3) is 17.7 Å². The molecule has 3 amide bonds. The topological polar surface area (TPSA) is 165 Å². The first kappa shape index (κ1) is 32.7. The van der Waals surface area contributed by atoms with Crippen LogP contribution in [0.25, 0.3) is 17.3 Å². The number of imidazole rings is 1. The number of anilines is 2. The highest BCUT2D eigenvalue weighted by molar-refractivity contribution is 6.35. The Hall–Kier alpha value is -5.70. The molecule has 3 heterocycles. The van der Waals surface area contributed by atoms with Crippen molar-refractivity contribution < 1.29 is 37.5 Å². The van der Waals surface area contributed by atoms with Crippen LogP contribution < -0.4 is 16.4 Å². The monoisotopic (exact) mass is 649 g/mol. The quantitative estimate of drug-likeness (QED) is 0.203. The van der Waals surface area contributed by atoms with Crippen molar-refractivity contribution in [2.24, 2.45) is 5.73 Å². The number of nitrogens with zero attached hydrogens (tertiary/aromatic N) is 4. The zero-order valence-electron chi connectivity index (χ0n) is 25.9. The number of benzene rings is 2. The van der Waals surface area contributed by atoms with Crippen molar-refractivity contribution in [2.45, 2.75) is 33.1 Å². The molecule has 0 aliphatic carbocycles. The summed E-state index contributed by atoms with van der Waals surface area (Å²) in [5.41, 5.74) is 6.94. The second-order valence-electron chi connectivity index (χ2n) is 11.3. The Morgan fingerprint density at radius 1 is 1.11 bits per heavy atom. The SMILES string of the molecule is Cc1cn(-c2cc(C(=O)Nc3ccc4c(c3)NC(=O)C4=Cc3c(C)c(C(=O)O)c(C)n3C(C(N)=O)N(C)C)cc(C(F)(F)F)c2)cn1. The molecule has 4 aromatic rings. The number of alkyl halides is 3. The van der Waals surface area contributed by atoms with E-state index in [-0.39, 0.29) is 39.5 Å². The number of fused-ring (bicyclic) bond motifs is 1. The van der Waals surface area contributed by atoms with E-state index in [4.69, 9.17) is 5.73 Å². The number of hydrogen-bond acceptors (Lipinski definition) is 6. The number of halogens is 3. The zero-order valence-corrected chi connectivity index (χ0v) is 25.9. The Kier molecular flexibility index (Phi) is 8.28. The maximum absolute atomic E-state index is 13.7. The number of carboxylic acids is 1. The van der Waals surface area contributed by atoms with Gasteiger partial charge in [0.05, 0.1) is 34.4 Å². The van der Waals surface area contributed by atoms with Gasteiger partial charge in [0, 0.05) is 40.1 Å². The molecule has 244 valence electrons. The summed E-state index contributed by atoms with van der Waals surface area (Å²) in [7, 11) is 3.21. The molecule has 1 unspecified atom stereocenters. The third-order valence-electron chi connectivity index (χ3n) is 7.80. The summed E-state index contributed by atoms with van der Waals surface area (Å²) in [4.78, 5) is 56.5. The molecule has 12 nitrogen and oxygen atoms in total. The molecule has 1 aliphatic heterocycles. The van der Waals surface area contributed by atoms with Gasteiger partial charge in [-0.05, 0) is 76.8 Å². The van der Waals surface area contributed by atoms with Gasteiger partial charge in [-0.1, -0.05) is 6.07 Å². The summed E-state index contributed by atoms with van der Waals surface area (Å²) >= 11 is 0. The van der Waals surface area contributed by atoms with E-state index in [9.17, 15) is 37.5 Å². The summed E-state index contributed by atoms with van der Waals surface area (Å²) in [6, 6.07) is 7.43. The molecule has 0 saturated carbocycles. The number of primary amides is 1. The van der Waals surface area contributed by atoms with Crippen molar-refractivity contribution in [3.63, 3.8) is 0 Å². The summed E-state index contributed by atoms with van der Waals surface area (Å²) in [6.45, 7) is 4.78. The minimum Gasteiger partial charge on any atom is -0.478 e. The van der Waals surface area contributed by atoms with E-state index in [2.05, 4.69) is 15.6 Å². The third kappa shape index (κ3) is 6.12. The molecule has 0 radical (unpaired) electrons. The van der Waals surface area contributed by atoms with Gasteiger partial charge >= 0.3 is 12.1 Å². The number of nitrogens with two attached hydrogens (primary N) is 1. The number of amides is 3. The molecule has 2 aromatic carbocycles. The summed E-state index contributed by atoms with van der Waals surface area (Å²) in [6.07, 6.45) is -1.44. The largest absolute Gasteiger partial charge is 0.478 e. The molecule has 5 rings (SSSR count). The van der Waals surface area contributed by atoms with Crippen LogP contribution in [0, 0.1) is 20.8 Å². The number of rotatable bonds is 8. The van der Waals surface area contributed by atoms with Crippen LogP contribution in [-0.4, -0.2) is 61.9 Å². The van der Waals surface area contributed by atoms with Crippen LogP contribution >= 0.6 is 0 Å². The lowest BCUT2D eigenvalue weighted by Gasteiger charge is -2.26. The van der Waals surface area contributed by atoms with E-state index in [1.807, 2.05) is 0 Å². The molecule has 15 heteroatoms. The number of aromatic carboxylic acids is 1. The molecule has 0 fully saturated rings. The second-order valence-corrected chi connectivity index (χ2v) is 11.3. The summed E-state index contributed by atoms with van der Waals surface area (Å²) < 4.78 is 44.0. The highest BCUT2D eigenvalue weighted by atomic mass is 19.4. The molecular weight excluding hydrogens is 619 g/mol. The van der Waals surface area contributed by atoms with Gasteiger partial charge < -0.3 is 30.6 Å². The second kappa shape index (κ2) is 11.9. The number of carboxylic acid groups (broad SMARTS) is 1. The van der Waals surface area contributed by atoms with Crippen molar-refractivity contribution in [3.8, 4) is 5.69 Å². The Balaban J connectivity index is 1.52. The third-order valence-corrected chi connectivity index (χ3v) is 7.80. The van der Waals surface area contributed by atoms with E-state index in [1.54, 1.807) is 34.9 Å². The Bertz CT molecular complexity index is 2010. The molecule has 47 heavy (non-hydrogen) atoms. The Morgan fingerprint density at radius 3 is 2.38 bits per heavy atom. The molecule has 0 spiro atoms. The van der Waals surface area contributed by atoms with Crippen LogP contribution in [0.1, 0.15) is 60.7 Å². The fourth-order valence-electron chi connectivity index (χ4n) is 5.67. The van der Waals surface area contributed by atoms with E-state index < -0.39 is 41.6 Å². The zero-order chi connectivity index (χ0) is 34.5. The van der Waals surface area contributed by atoms with Gasteiger partial charge in [0.1, 0.15) is 0 Å². The Morgan fingerprint density at radius 2 is 1.81 bits per heavy atom. The predicted molar refractivity (Wildman–Crippen MR) is 167 cm³/mol. The van der Waals surface area contributed by atoms with Gasteiger partial charge in [-0.2, -0.15) is 13.2 Å². The number of aryl methyl sites for hydroxylation is 1. The lowest BCUT2D eigenvalue weighted by molar-refractivity contribution is -0.137. The van der Waals surface area contributed by atoms with Crippen LogP contribution in [0.5, 0.6) is 0 Å². The van der Waals surface area contributed by atoms with Crippen molar-refractivity contribution in [1.82, 2.24) is 19.0 Å². The standard InChI is InChI=1S/C32H30F3N7O5/c1-15-13-41(14-37-15)21-9-18(8-19(10-21)32(33,34)35)28(44)38-20-6-7-22-23(29(45)39-24(22)11-20)12-25-16(2)26(31(46)47)17(3)42(25)30(27(36)43)40(4)5/h6-14,30H,1-5H3,(H2,36,43)(H,38,44)(H,39,45)(H,46,47). The van der Waals surface area contributed by atoms with Gasteiger partial charge in [0.15, 0.2) is 6.17 Å². The van der Waals surface area contributed by atoms with Crippen LogP contribution in [0.15, 0.2) is 48.9 Å². The minimum atomic E-state index is -4.72. The number of hydrogen-bond donors (Lipinski definition) is 4. The van der Waals surface area contributed by atoms with Gasteiger partial charge in [-0.25, -0.2) is 9.78 Å². The molecule has 0 saturated heterocycles. The lowest BCUT2D eigenvalue weighted by atomic mass is 10.0. The molecule has 2 aromatic heterocycles. The summed E-state index contributed by atoms with van der Waals surface area (Å²) in [5.74, 6) is -3.32. The van der Waals surface area contributed by atoms with Crippen molar-refractivity contribution >= 4 is 46.7 Å². The minimum absolute atomic E-state index is 0.0393. The molecular formula is C32H30F3N7O5. The fraction of sp³-hybridized carbons (Fsp3) is 0.219.